The van der Waals surface area contributed by atoms with Crippen molar-refractivity contribution in [2.75, 3.05) is 32.8 Å². The largest absolute Gasteiger partial charge is 0.450 e. The first-order valence-electron chi connectivity index (χ1n) is 9.61. The van der Waals surface area contributed by atoms with Crippen molar-refractivity contribution in [3.63, 3.8) is 0 Å². The van der Waals surface area contributed by atoms with E-state index < -0.39 is 0 Å². The zero-order valence-electron chi connectivity index (χ0n) is 16.4. The zero-order chi connectivity index (χ0) is 19.9. The third kappa shape index (κ3) is 5.31. The molecule has 0 bridgehead atoms. The summed E-state index contributed by atoms with van der Waals surface area (Å²) in [5.74, 6) is 1.05. The molecule has 8 heteroatoms. The van der Waals surface area contributed by atoms with Crippen LogP contribution in [0.5, 0.6) is 0 Å². The van der Waals surface area contributed by atoms with E-state index in [2.05, 4.69) is 16.3 Å². The number of amides is 2. The molecule has 0 N–H and O–H groups in total. The minimum atomic E-state index is -0.318. The van der Waals surface area contributed by atoms with Crippen molar-refractivity contribution in [1.82, 2.24) is 20.0 Å². The number of benzene rings is 1. The quantitative estimate of drug-likeness (QED) is 0.756. The highest BCUT2D eigenvalue weighted by molar-refractivity contribution is 5.77. The van der Waals surface area contributed by atoms with Crippen LogP contribution in [-0.2, 0) is 22.4 Å². The van der Waals surface area contributed by atoms with E-state index in [4.69, 9.17) is 9.15 Å². The van der Waals surface area contributed by atoms with E-state index in [1.54, 1.807) is 16.7 Å². The molecule has 2 aromatic rings. The summed E-state index contributed by atoms with van der Waals surface area (Å²) in [7, 11) is 0. The number of piperazine rings is 1. The molecule has 2 heterocycles. The summed E-state index contributed by atoms with van der Waals surface area (Å²) in [5.41, 5.74) is 2.30. The van der Waals surface area contributed by atoms with Crippen molar-refractivity contribution in [1.29, 1.82) is 0 Å². The fourth-order valence-corrected chi connectivity index (χ4v) is 3.18. The lowest BCUT2D eigenvalue weighted by molar-refractivity contribution is -0.132. The van der Waals surface area contributed by atoms with Crippen molar-refractivity contribution in [2.24, 2.45) is 0 Å². The van der Waals surface area contributed by atoms with Gasteiger partial charge >= 0.3 is 6.09 Å². The Morgan fingerprint density at radius 2 is 1.82 bits per heavy atom. The van der Waals surface area contributed by atoms with E-state index in [-0.39, 0.29) is 12.0 Å². The second kappa shape index (κ2) is 9.34. The fraction of sp³-hybridized carbons (Fsp3) is 0.500. The van der Waals surface area contributed by atoms with E-state index in [1.165, 1.54) is 5.56 Å². The van der Waals surface area contributed by atoms with Crippen LogP contribution in [0, 0.1) is 6.92 Å². The number of hydrogen-bond donors (Lipinski definition) is 0. The Labute approximate surface area is 164 Å². The predicted octanol–water partition coefficient (Wildman–Crippen LogP) is 2.20. The topological polar surface area (TPSA) is 88.8 Å². The summed E-state index contributed by atoms with van der Waals surface area (Å²) >= 11 is 0. The molecule has 150 valence electrons. The summed E-state index contributed by atoms with van der Waals surface area (Å²) in [4.78, 5) is 27.5. The number of aryl methyl sites for hydroxylation is 2. The van der Waals surface area contributed by atoms with Gasteiger partial charge in [-0.3, -0.25) is 4.79 Å². The average molecular weight is 386 g/mol. The monoisotopic (exact) mass is 386 g/mol. The molecule has 1 aromatic carbocycles. The lowest BCUT2D eigenvalue weighted by Crippen LogP contribution is -2.50. The van der Waals surface area contributed by atoms with Crippen molar-refractivity contribution < 1.29 is 18.7 Å². The lowest BCUT2D eigenvalue weighted by Gasteiger charge is -2.34. The van der Waals surface area contributed by atoms with Crippen LogP contribution in [0.25, 0.3) is 0 Å². The molecule has 28 heavy (non-hydrogen) atoms. The average Bonchev–Trinajstić information content (AvgIpc) is 3.14. The van der Waals surface area contributed by atoms with Crippen molar-refractivity contribution in [2.45, 2.75) is 33.1 Å². The number of ether oxygens (including phenoxy) is 1. The van der Waals surface area contributed by atoms with Gasteiger partial charge in [-0.2, -0.15) is 0 Å². The SMILES string of the molecule is CCOC(=O)N1CCN(C(=O)CCc2nnc(Cc3cccc(C)c3)o2)CC1. The maximum Gasteiger partial charge on any atom is 0.409 e. The minimum absolute atomic E-state index is 0.0296. The van der Waals surface area contributed by atoms with Crippen LogP contribution in [0.1, 0.15) is 36.3 Å². The summed E-state index contributed by atoms with van der Waals surface area (Å²) in [6, 6.07) is 8.16. The fourth-order valence-electron chi connectivity index (χ4n) is 3.18. The number of rotatable bonds is 6. The smallest absolute Gasteiger partial charge is 0.409 e. The maximum absolute atomic E-state index is 12.4. The normalized spacial score (nSPS) is 14.2. The second-order valence-corrected chi connectivity index (χ2v) is 6.82. The van der Waals surface area contributed by atoms with Gasteiger partial charge in [0.1, 0.15) is 0 Å². The third-order valence-corrected chi connectivity index (χ3v) is 4.66. The molecular weight excluding hydrogens is 360 g/mol. The second-order valence-electron chi connectivity index (χ2n) is 6.82. The number of nitrogens with zero attached hydrogens (tertiary/aromatic N) is 4. The molecule has 1 aromatic heterocycles. The van der Waals surface area contributed by atoms with Gasteiger partial charge in [0.2, 0.25) is 17.7 Å². The third-order valence-electron chi connectivity index (χ3n) is 4.66. The molecule has 0 spiro atoms. The molecule has 1 aliphatic rings. The molecule has 0 atom stereocenters. The van der Waals surface area contributed by atoms with Crippen LogP contribution in [0.4, 0.5) is 4.79 Å². The van der Waals surface area contributed by atoms with Gasteiger partial charge < -0.3 is 19.0 Å². The summed E-state index contributed by atoms with van der Waals surface area (Å²) < 4.78 is 10.7. The van der Waals surface area contributed by atoms with Crippen molar-refractivity contribution in [3.8, 4) is 0 Å². The van der Waals surface area contributed by atoms with Gasteiger partial charge in [-0.15, -0.1) is 10.2 Å². The minimum Gasteiger partial charge on any atom is -0.450 e. The van der Waals surface area contributed by atoms with Gasteiger partial charge in [-0.1, -0.05) is 29.8 Å². The van der Waals surface area contributed by atoms with Crippen LogP contribution in [0.2, 0.25) is 0 Å². The number of aromatic nitrogens is 2. The van der Waals surface area contributed by atoms with Gasteiger partial charge in [0.25, 0.3) is 0 Å². The van der Waals surface area contributed by atoms with Crippen molar-refractivity contribution in [3.05, 3.63) is 47.2 Å². The summed E-state index contributed by atoms with van der Waals surface area (Å²) in [5, 5.41) is 8.13. The Balaban J connectivity index is 1.44. The van der Waals surface area contributed by atoms with Crippen LogP contribution < -0.4 is 0 Å². The van der Waals surface area contributed by atoms with E-state index in [1.807, 2.05) is 25.1 Å². The molecule has 1 fully saturated rings. The molecule has 1 aliphatic heterocycles. The highest BCUT2D eigenvalue weighted by Crippen LogP contribution is 2.12. The first kappa shape index (κ1) is 19.9. The predicted molar refractivity (Wildman–Crippen MR) is 102 cm³/mol. The number of carbonyl (C=O) groups is 2. The first-order valence-corrected chi connectivity index (χ1v) is 9.61. The zero-order valence-corrected chi connectivity index (χ0v) is 16.4. The van der Waals surface area contributed by atoms with Gasteiger partial charge in [-0.05, 0) is 19.4 Å². The molecular formula is C20H26N4O4. The van der Waals surface area contributed by atoms with Crippen LogP contribution in [0.3, 0.4) is 0 Å². The first-order chi connectivity index (χ1) is 13.5. The number of hydrogen-bond acceptors (Lipinski definition) is 6. The Morgan fingerprint density at radius 3 is 2.54 bits per heavy atom. The van der Waals surface area contributed by atoms with Gasteiger partial charge in [0.05, 0.1) is 13.0 Å². The highest BCUT2D eigenvalue weighted by atomic mass is 16.6. The Kier molecular flexibility index (Phi) is 6.62. The molecule has 0 saturated carbocycles. The lowest BCUT2D eigenvalue weighted by atomic mass is 10.1. The summed E-state index contributed by atoms with van der Waals surface area (Å²) in [6.45, 7) is 6.19. The Morgan fingerprint density at radius 1 is 1.11 bits per heavy atom. The molecule has 0 unspecified atom stereocenters. The van der Waals surface area contributed by atoms with Gasteiger partial charge in [-0.25, -0.2) is 4.79 Å². The van der Waals surface area contributed by atoms with Crippen LogP contribution in [0.15, 0.2) is 28.7 Å². The molecule has 3 rings (SSSR count). The maximum atomic E-state index is 12.4. The molecule has 1 saturated heterocycles. The van der Waals surface area contributed by atoms with Crippen LogP contribution in [-0.4, -0.2) is 64.8 Å². The summed E-state index contributed by atoms with van der Waals surface area (Å²) in [6.07, 6.45) is 0.989. The van der Waals surface area contributed by atoms with E-state index in [0.717, 1.165) is 5.56 Å². The highest BCUT2D eigenvalue weighted by Gasteiger charge is 2.24. The van der Waals surface area contributed by atoms with Gasteiger partial charge in [0.15, 0.2) is 0 Å². The Bertz CT molecular complexity index is 812. The van der Waals surface area contributed by atoms with Crippen molar-refractivity contribution >= 4 is 12.0 Å². The van der Waals surface area contributed by atoms with Gasteiger partial charge in [0, 0.05) is 39.0 Å². The standard InChI is InChI=1S/C20H26N4O4/c1-3-27-20(26)24-11-9-23(10-12-24)19(25)8-7-17-21-22-18(28-17)14-16-6-4-5-15(2)13-16/h4-6,13H,3,7-12,14H2,1-2H3. The molecule has 0 aliphatic carbocycles. The molecule has 0 radical (unpaired) electrons. The molecule has 8 nitrogen and oxygen atoms in total. The van der Waals surface area contributed by atoms with E-state index >= 15 is 0 Å². The van der Waals surface area contributed by atoms with E-state index in [0.29, 0.717) is 63.8 Å². The molecule has 2 amide bonds. The number of carbonyl (C=O) groups excluding carboxylic acids is 2. The Hall–Kier alpha value is -2.90. The van der Waals surface area contributed by atoms with E-state index in [9.17, 15) is 9.59 Å². The van der Waals surface area contributed by atoms with Crippen LogP contribution >= 0.6 is 0 Å².